The van der Waals surface area contributed by atoms with Crippen molar-refractivity contribution in [1.29, 1.82) is 5.26 Å². The summed E-state index contributed by atoms with van der Waals surface area (Å²) in [4.78, 5) is 12.4. The van der Waals surface area contributed by atoms with Gasteiger partial charge in [-0.25, -0.2) is 5.43 Å². The van der Waals surface area contributed by atoms with Gasteiger partial charge in [-0.2, -0.15) is 5.26 Å². The van der Waals surface area contributed by atoms with Crippen molar-refractivity contribution in [2.45, 2.75) is 39.2 Å². The van der Waals surface area contributed by atoms with Crippen LogP contribution in [-0.2, 0) is 0 Å². The first kappa shape index (κ1) is 15.2. The summed E-state index contributed by atoms with van der Waals surface area (Å²) >= 11 is 0. The maximum Gasteiger partial charge on any atom is 0.267 e. The fraction of sp³-hybridized carbons (Fsp3) is 0.467. The standard InChI is InChI=1S/C15H21N3O/c1-3-4-12-18(17-13(2)10-11-16)15(19)14-8-6-5-7-9-14/h5-9,13,17H,3-4,10,12H2,1-2H3. The molecule has 0 radical (unpaired) electrons. The molecule has 0 aliphatic heterocycles. The Morgan fingerprint density at radius 3 is 2.68 bits per heavy atom. The van der Waals surface area contributed by atoms with Crippen LogP contribution in [0.1, 0.15) is 43.5 Å². The van der Waals surface area contributed by atoms with Crippen LogP contribution in [0, 0.1) is 11.3 Å². The van der Waals surface area contributed by atoms with E-state index in [0.717, 1.165) is 12.8 Å². The van der Waals surface area contributed by atoms with Crippen LogP contribution < -0.4 is 5.43 Å². The highest BCUT2D eigenvalue weighted by Gasteiger charge is 2.16. The summed E-state index contributed by atoms with van der Waals surface area (Å²) in [6.07, 6.45) is 2.34. The molecule has 0 spiro atoms. The Kier molecular flexibility index (Phi) is 6.62. The second kappa shape index (κ2) is 8.28. The van der Waals surface area contributed by atoms with Gasteiger partial charge in [-0.3, -0.25) is 9.80 Å². The summed E-state index contributed by atoms with van der Waals surface area (Å²) in [6, 6.07) is 11.3. The van der Waals surface area contributed by atoms with E-state index in [0.29, 0.717) is 18.5 Å². The van der Waals surface area contributed by atoms with Crippen molar-refractivity contribution >= 4 is 5.91 Å². The predicted molar refractivity (Wildman–Crippen MR) is 75.2 cm³/mol. The number of rotatable bonds is 7. The molecule has 0 aliphatic rings. The Labute approximate surface area is 115 Å². The molecule has 0 aromatic heterocycles. The molecule has 1 atom stereocenters. The van der Waals surface area contributed by atoms with E-state index in [4.69, 9.17) is 5.26 Å². The van der Waals surface area contributed by atoms with Crippen LogP contribution in [0.25, 0.3) is 0 Å². The van der Waals surface area contributed by atoms with E-state index >= 15 is 0 Å². The van der Waals surface area contributed by atoms with Gasteiger partial charge in [0.2, 0.25) is 0 Å². The molecule has 0 saturated heterocycles. The lowest BCUT2D eigenvalue weighted by Gasteiger charge is -2.26. The van der Waals surface area contributed by atoms with Gasteiger partial charge < -0.3 is 0 Å². The number of unbranched alkanes of at least 4 members (excludes halogenated alkanes) is 1. The molecule has 0 saturated carbocycles. The monoisotopic (exact) mass is 259 g/mol. The molecule has 0 bridgehead atoms. The highest BCUT2D eigenvalue weighted by Crippen LogP contribution is 2.05. The van der Waals surface area contributed by atoms with E-state index in [1.807, 2.05) is 25.1 Å². The molecule has 1 aromatic rings. The molecule has 19 heavy (non-hydrogen) atoms. The Morgan fingerprint density at radius 1 is 1.42 bits per heavy atom. The van der Waals surface area contributed by atoms with Crippen LogP contribution in [0.2, 0.25) is 0 Å². The predicted octanol–water partition coefficient (Wildman–Crippen LogP) is 2.74. The zero-order valence-corrected chi connectivity index (χ0v) is 11.6. The van der Waals surface area contributed by atoms with E-state index in [2.05, 4.69) is 18.4 Å². The summed E-state index contributed by atoms with van der Waals surface area (Å²) in [7, 11) is 0. The fourth-order valence-corrected chi connectivity index (χ4v) is 1.73. The minimum atomic E-state index is -0.0427. The topological polar surface area (TPSA) is 56.1 Å². The summed E-state index contributed by atoms with van der Waals surface area (Å²) in [5.74, 6) is -0.0427. The molecule has 0 heterocycles. The van der Waals surface area contributed by atoms with Crippen LogP contribution in [0.5, 0.6) is 0 Å². The molecule has 1 N–H and O–H groups in total. The van der Waals surface area contributed by atoms with E-state index in [1.54, 1.807) is 17.1 Å². The lowest BCUT2D eigenvalue weighted by molar-refractivity contribution is 0.0622. The van der Waals surface area contributed by atoms with E-state index in [-0.39, 0.29) is 11.9 Å². The van der Waals surface area contributed by atoms with Gasteiger partial charge >= 0.3 is 0 Å². The first-order valence-electron chi connectivity index (χ1n) is 6.69. The highest BCUT2D eigenvalue weighted by atomic mass is 16.2. The number of benzene rings is 1. The van der Waals surface area contributed by atoms with Crippen molar-refractivity contribution in [2.75, 3.05) is 6.54 Å². The van der Waals surface area contributed by atoms with Crippen LogP contribution >= 0.6 is 0 Å². The molecule has 4 heteroatoms. The lowest BCUT2D eigenvalue weighted by Crippen LogP contribution is -2.47. The average molecular weight is 259 g/mol. The molecule has 102 valence electrons. The highest BCUT2D eigenvalue weighted by molar-refractivity contribution is 5.93. The van der Waals surface area contributed by atoms with Crippen LogP contribution in [0.15, 0.2) is 30.3 Å². The SMILES string of the molecule is CCCCN(NC(C)CC#N)C(=O)c1ccccc1. The van der Waals surface area contributed by atoms with Gasteiger partial charge in [0.15, 0.2) is 0 Å². The summed E-state index contributed by atoms with van der Waals surface area (Å²) in [6.45, 7) is 4.64. The number of carbonyl (C=O) groups is 1. The Morgan fingerprint density at radius 2 is 2.11 bits per heavy atom. The molecule has 1 unspecified atom stereocenters. The fourth-order valence-electron chi connectivity index (χ4n) is 1.73. The minimum Gasteiger partial charge on any atom is -0.274 e. The van der Waals surface area contributed by atoms with Gasteiger partial charge in [0.1, 0.15) is 0 Å². The smallest absolute Gasteiger partial charge is 0.267 e. The number of hydrazine groups is 1. The quantitative estimate of drug-likeness (QED) is 0.766. The van der Waals surface area contributed by atoms with Gasteiger partial charge in [0.25, 0.3) is 5.91 Å². The number of nitrogens with zero attached hydrogens (tertiary/aromatic N) is 2. The number of amides is 1. The molecule has 1 rings (SSSR count). The summed E-state index contributed by atoms with van der Waals surface area (Å²) in [5.41, 5.74) is 3.77. The molecule has 4 nitrogen and oxygen atoms in total. The van der Waals surface area contributed by atoms with Gasteiger partial charge in [-0.15, -0.1) is 0 Å². The van der Waals surface area contributed by atoms with Crippen molar-refractivity contribution in [2.24, 2.45) is 0 Å². The van der Waals surface area contributed by atoms with Gasteiger partial charge in [-0.1, -0.05) is 31.5 Å². The molecular weight excluding hydrogens is 238 g/mol. The molecular formula is C15H21N3O. The van der Waals surface area contributed by atoms with Crippen molar-refractivity contribution in [3.63, 3.8) is 0 Å². The Bertz CT molecular complexity index is 425. The Balaban J connectivity index is 2.73. The van der Waals surface area contributed by atoms with Gasteiger partial charge in [0, 0.05) is 18.2 Å². The third kappa shape index (κ3) is 5.11. The van der Waals surface area contributed by atoms with Gasteiger partial charge in [0.05, 0.1) is 12.5 Å². The lowest BCUT2D eigenvalue weighted by atomic mass is 10.2. The van der Waals surface area contributed by atoms with E-state index in [9.17, 15) is 4.79 Å². The van der Waals surface area contributed by atoms with Crippen LogP contribution in [0.3, 0.4) is 0 Å². The number of hydrogen-bond acceptors (Lipinski definition) is 3. The number of carbonyl (C=O) groups excluding carboxylic acids is 1. The second-order valence-electron chi connectivity index (χ2n) is 4.57. The Hall–Kier alpha value is -1.86. The van der Waals surface area contributed by atoms with Crippen molar-refractivity contribution in [3.05, 3.63) is 35.9 Å². The third-order valence-corrected chi connectivity index (χ3v) is 2.77. The number of hydrogen-bond donors (Lipinski definition) is 1. The summed E-state index contributed by atoms with van der Waals surface area (Å²) in [5, 5.41) is 10.3. The maximum atomic E-state index is 12.4. The second-order valence-corrected chi connectivity index (χ2v) is 4.57. The van der Waals surface area contributed by atoms with E-state index in [1.165, 1.54) is 0 Å². The maximum absolute atomic E-state index is 12.4. The molecule has 1 amide bonds. The van der Waals surface area contributed by atoms with Crippen molar-refractivity contribution < 1.29 is 4.79 Å². The van der Waals surface area contributed by atoms with Crippen molar-refractivity contribution in [3.8, 4) is 6.07 Å². The minimum absolute atomic E-state index is 0.0329. The van der Waals surface area contributed by atoms with E-state index < -0.39 is 0 Å². The first-order valence-corrected chi connectivity index (χ1v) is 6.69. The number of nitriles is 1. The van der Waals surface area contributed by atoms with Crippen molar-refractivity contribution in [1.82, 2.24) is 10.4 Å². The molecule has 0 aliphatic carbocycles. The molecule has 1 aromatic carbocycles. The average Bonchev–Trinajstić information content (AvgIpc) is 2.44. The normalized spacial score (nSPS) is 11.6. The number of nitrogens with one attached hydrogen (secondary N) is 1. The molecule has 0 fully saturated rings. The van der Waals surface area contributed by atoms with Crippen LogP contribution in [0.4, 0.5) is 0 Å². The summed E-state index contributed by atoms with van der Waals surface area (Å²) < 4.78 is 0. The first-order chi connectivity index (χ1) is 9.19. The zero-order chi connectivity index (χ0) is 14.1. The van der Waals surface area contributed by atoms with Crippen LogP contribution in [-0.4, -0.2) is 23.5 Å². The zero-order valence-electron chi connectivity index (χ0n) is 11.6. The largest absolute Gasteiger partial charge is 0.274 e. The van der Waals surface area contributed by atoms with Gasteiger partial charge in [-0.05, 0) is 25.5 Å². The third-order valence-electron chi connectivity index (χ3n) is 2.77.